The number of amides is 1. The zero-order valence-corrected chi connectivity index (χ0v) is 16.7. The van der Waals surface area contributed by atoms with E-state index >= 15 is 0 Å². The smallest absolute Gasteiger partial charge is 0.238 e. The van der Waals surface area contributed by atoms with Crippen LogP contribution in [0.25, 0.3) is 10.9 Å². The number of ether oxygens (including phenoxy) is 1. The maximum atomic E-state index is 13.3. The van der Waals surface area contributed by atoms with Crippen molar-refractivity contribution in [3.05, 3.63) is 59.0 Å². The van der Waals surface area contributed by atoms with E-state index in [-0.39, 0.29) is 16.9 Å². The number of hydrogen-bond acceptors (Lipinski definition) is 4. The van der Waals surface area contributed by atoms with E-state index in [9.17, 15) is 4.79 Å². The van der Waals surface area contributed by atoms with Crippen molar-refractivity contribution >= 4 is 34.1 Å². The lowest BCUT2D eigenvalue weighted by molar-refractivity contribution is -0.120. The van der Waals surface area contributed by atoms with E-state index in [0.29, 0.717) is 31.3 Å². The van der Waals surface area contributed by atoms with Gasteiger partial charge in [0.25, 0.3) is 0 Å². The van der Waals surface area contributed by atoms with Crippen LogP contribution in [0.5, 0.6) is 0 Å². The van der Waals surface area contributed by atoms with E-state index in [1.165, 1.54) is 0 Å². The van der Waals surface area contributed by atoms with Gasteiger partial charge in [-0.15, -0.1) is 0 Å². The fraction of sp³-hybridized carbons (Fsp3) is 0.364. The number of anilines is 1. The van der Waals surface area contributed by atoms with Crippen molar-refractivity contribution in [2.45, 2.75) is 36.9 Å². The van der Waals surface area contributed by atoms with E-state index in [2.05, 4.69) is 15.6 Å². The van der Waals surface area contributed by atoms with Gasteiger partial charge in [-0.2, -0.15) is 0 Å². The molecule has 0 atom stereocenters. The molecule has 1 saturated heterocycles. The molecule has 1 aliphatic carbocycles. The van der Waals surface area contributed by atoms with E-state index in [1.807, 2.05) is 35.4 Å². The number of halogens is 1. The Bertz CT molecular complexity index is 1160. The Balaban J connectivity index is 1.44. The van der Waals surface area contributed by atoms with Gasteiger partial charge < -0.3 is 19.9 Å². The van der Waals surface area contributed by atoms with Crippen molar-refractivity contribution in [2.24, 2.45) is 5.73 Å². The number of nitrogens with zero attached hydrogens (tertiary/aromatic N) is 3. The molecule has 1 aromatic carbocycles. The van der Waals surface area contributed by atoms with Crippen LogP contribution in [0.15, 0.2) is 42.7 Å². The van der Waals surface area contributed by atoms with E-state index < -0.39 is 0 Å². The average Bonchev–Trinajstić information content (AvgIpc) is 3.39. The Morgan fingerprint density at radius 2 is 2.03 bits per heavy atom. The third kappa shape index (κ3) is 2.49. The topological polar surface area (TPSA) is 73.4 Å². The van der Waals surface area contributed by atoms with Gasteiger partial charge in [0.2, 0.25) is 5.91 Å². The molecule has 1 saturated carbocycles. The van der Waals surface area contributed by atoms with Crippen LogP contribution >= 0.6 is 11.6 Å². The van der Waals surface area contributed by atoms with Crippen LogP contribution in [0.2, 0.25) is 5.02 Å². The van der Waals surface area contributed by atoms with Gasteiger partial charge >= 0.3 is 0 Å². The second-order valence-electron chi connectivity index (χ2n) is 8.65. The molecule has 2 aromatic heterocycles. The fourth-order valence-corrected chi connectivity index (χ4v) is 4.98. The molecule has 1 spiro atoms. The molecule has 6 nitrogen and oxygen atoms in total. The first kappa shape index (κ1) is 17.4. The van der Waals surface area contributed by atoms with Gasteiger partial charge in [0, 0.05) is 34.4 Å². The number of benzene rings is 1. The summed E-state index contributed by atoms with van der Waals surface area (Å²) in [4.78, 5) is 19.5. The molecule has 0 unspecified atom stereocenters. The highest BCUT2D eigenvalue weighted by molar-refractivity contribution is 6.31. The number of carbonyl (C=O) groups is 1. The highest BCUT2D eigenvalue weighted by Crippen LogP contribution is 2.57. The molecule has 0 bridgehead atoms. The minimum Gasteiger partial charge on any atom is -0.377 e. The summed E-state index contributed by atoms with van der Waals surface area (Å²) in [7, 11) is 0. The summed E-state index contributed by atoms with van der Waals surface area (Å²) in [5.74, 6) is 0.185. The predicted octanol–water partition coefficient (Wildman–Crippen LogP) is 3.00. The van der Waals surface area contributed by atoms with Crippen molar-refractivity contribution < 1.29 is 9.53 Å². The molecule has 2 N–H and O–H groups in total. The van der Waals surface area contributed by atoms with Crippen molar-refractivity contribution in [1.29, 1.82) is 0 Å². The van der Waals surface area contributed by atoms with Crippen LogP contribution in [0.4, 0.5) is 5.69 Å². The second kappa shape index (κ2) is 5.81. The van der Waals surface area contributed by atoms with Gasteiger partial charge in [-0.1, -0.05) is 11.6 Å². The molecule has 6 rings (SSSR count). The standard InChI is InChI=1S/C22H21ClN4O2/c23-15-1-2-18-14(7-15)8-16(27(18)11-21(24)12-29-13-21)10-26-19-9-25-6-3-17(19)22(4-5-22)20(26)28/h1-3,6-9H,4-5,10-13,24H2. The van der Waals surface area contributed by atoms with Crippen molar-refractivity contribution in [3.8, 4) is 0 Å². The number of rotatable bonds is 4. The Labute approximate surface area is 173 Å². The maximum absolute atomic E-state index is 13.3. The number of carbonyl (C=O) groups excluding carboxylic acids is 1. The summed E-state index contributed by atoms with van der Waals surface area (Å²) in [6, 6.07) is 9.99. The van der Waals surface area contributed by atoms with Crippen LogP contribution in [0.3, 0.4) is 0 Å². The molecular weight excluding hydrogens is 388 g/mol. The predicted molar refractivity (Wildman–Crippen MR) is 111 cm³/mol. The van der Waals surface area contributed by atoms with Crippen LogP contribution < -0.4 is 10.6 Å². The molecular formula is C22H21ClN4O2. The summed E-state index contributed by atoms with van der Waals surface area (Å²) >= 11 is 6.23. The molecule has 29 heavy (non-hydrogen) atoms. The number of nitrogens with two attached hydrogens (primary N) is 1. The molecule has 3 aliphatic rings. The molecule has 2 aliphatic heterocycles. The van der Waals surface area contributed by atoms with Crippen LogP contribution in [0.1, 0.15) is 24.1 Å². The molecule has 148 valence electrons. The fourth-order valence-electron chi connectivity index (χ4n) is 4.80. The lowest BCUT2D eigenvalue weighted by Crippen LogP contribution is -2.60. The van der Waals surface area contributed by atoms with Gasteiger partial charge in [0.05, 0.1) is 42.6 Å². The Hall–Kier alpha value is -2.41. The van der Waals surface area contributed by atoms with E-state index in [0.717, 1.165) is 40.7 Å². The van der Waals surface area contributed by atoms with Crippen molar-refractivity contribution in [1.82, 2.24) is 9.55 Å². The van der Waals surface area contributed by atoms with Gasteiger partial charge in [-0.05, 0) is 48.7 Å². The normalized spacial score (nSPS) is 20.9. The Morgan fingerprint density at radius 1 is 1.21 bits per heavy atom. The molecule has 3 aromatic rings. The van der Waals surface area contributed by atoms with Crippen molar-refractivity contribution in [3.63, 3.8) is 0 Å². The minimum absolute atomic E-state index is 0.185. The highest BCUT2D eigenvalue weighted by Gasteiger charge is 2.59. The quantitative estimate of drug-likeness (QED) is 0.720. The zero-order valence-electron chi connectivity index (χ0n) is 15.9. The lowest BCUT2D eigenvalue weighted by atomic mass is 9.99. The van der Waals surface area contributed by atoms with Gasteiger partial charge in [0.1, 0.15) is 0 Å². The first-order chi connectivity index (χ1) is 14.0. The zero-order chi connectivity index (χ0) is 19.8. The molecule has 4 heterocycles. The highest BCUT2D eigenvalue weighted by atomic mass is 35.5. The first-order valence-electron chi connectivity index (χ1n) is 9.90. The molecule has 7 heteroatoms. The number of aromatic nitrogens is 2. The summed E-state index contributed by atoms with van der Waals surface area (Å²) in [5, 5.41) is 1.75. The molecule has 2 fully saturated rings. The summed E-state index contributed by atoms with van der Waals surface area (Å²) in [5.41, 5.74) is 9.94. The van der Waals surface area contributed by atoms with E-state index in [1.54, 1.807) is 6.20 Å². The summed E-state index contributed by atoms with van der Waals surface area (Å²) < 4.78 is 7.58. The van der Waals surface area contributed by atoms with Gasteiger partial charge in [0.15, 0.2) is 0 Å². The lowest BCUT2D eigenvalue weighted by Gasteiger charge is -2.38. The summed E-state index contributed by atoms with van der Waals surface area (Å²) in [6.07, 6.45) is 5.43. The van der Waals surface area contributed by atoms with Gasteiger partial charge in [-0.25, -0.2) is 0 Å². The van der Waals surface area contributed by atoms with Gasteiger partial charge in [-0.3, -0.25) is 9.78 Å². The number of fused-ring (bicyclic) bond motifs is 3. The Kier molecular flexibility index (Phi) is 3.50. The SMILES string of the molecule is NC1(Cn2c(CN3C(=O)C4(CC4)c4ccncc43)cc3cc(Cl)ccc32)COC1. The van der Waals surface area contributed by atoms with Crippen LogP contribution in [0, 0.1) is 0 Å². The minimum atomic E-state index is -0.382. The third-order valence-corrected chi connectivity index (χ3v) is 6.77. The maximum Gasteiger partial charge on any atom is 0.238 e. The van der Waals surface area contributed by atoms with Crippen LogP contribution in [-0.2, 0) is 28.0 Å². The Morgan fingerprint density at radius 3 is 2.76 bits per heavy atom. The summed E-state index contributed by atoms with van der Waals surface area (Å²) in [6.45, 7) is 2.21. The number of hydrogen-bond donors (Lipinski definition) is 1. The largest absolute Gasteiger partial charge is 0.377 e. The number of pyridine rings is 1. The second-order valence-corrected chi connectivity index (χ2v) is 9.08. The average molecular weight is 409 g/mol. The van der Waals surface area contributed by atoms with Crippen molar-refractivity contribution in [2.75, 3.05) is 18.1 Å². The first-order valence-corrected chi connectivity index (χ1v) is 10.3. The monoisotopic (exact) mass is 408 g/mol. The van der Waals surface area contributed by atoms with Crippen LogP contribution in [-0.4, -0.2) is 34.2 Å². The third-order valence-electron chi connectivity index (χ3n) is 6.53. The molecule has 1 amide bonds. The van der Waals surface area contributed by atoms with E-state index in [4.69, 9.17) is 22.1 Å². The molecule has 0 radical (unpaired) electrons.